The van der Waals surface area contributed by atoms with Gasteiger partial charge in [-0.1, -0.05) is 24.3 Å². The molecular weight excluding hydrogens is 318 g/mol. The van der Waals surface area contributed by atoms with Crippen molar-refractivity contribution in [1.82, 2.24) is 4.98 Å². The number of H-pyrrole nitrogens is 1. The third-order valence-electron chi connectivity index (χ3n) is 4.01. The Balaban J connectivity index is 2.08. The van der Waals surface area contributed by atoms with Crippen molar-refractivity contribution in [3.8, 4) is 11.1 Å². The molecule has 0 aliphatic carbocycles. The maximum atomic E-state index is 11.7. The Labute approximate surface area is 144 Å². The first-order valence-corrected chi connectivity index (χ1v) is 7.66. The van der Waals surface area contributed by atoms with Gasteiger partial charge in [0.05, 0.1) is 5.56 Å². The summed E-state index contributed by atoms with van der Waals surface area (Å²) in [6, 6.07) is 12.9. The predicted octanol–water partition coefficient (Wildman–Crippen LogP) is 2.49. The Bertz CT molecular complexity index is 958. The first kappa shape index (κ1) is 16.4. The van der Waals surface area contributed by atoms with Gasteiger partial charge in [0.15, 0.2) is 0 Å². The topological polar surface area (TPSA) is 117 Å². The van der Waals surface area contributed by atoms with Crippen molar-refractivity contribution < 1.29 is 9.59 Å². The van der Waals surface area contributed by atoms with E-state index in [1.807, 2.05) is 55.4 Å². The van der Waals surface area contributed by atoms with Crippen molar-refractivity contribution in [2.75, 3.05) is 24.3 Å². The number of benzene rings is 2. The molecule has 7 nitrogen and oxygen atoms in total. The molecule has 1 heterocycles. The zero-order valence-electron chi connectivity index (χ0n) is 14.0. The van der Waals surface area contributed by atoms with Gasteiger partial charge in [0.1, 0.15) is 5.82 Å². The highest BCUT2D eigenvalue weighted by Gasteiger charge is 2.17. The molecule has 3 rings (SSSR count). The second-order valence-corrected chi connectivity index (χ2v) is 5.93. The molecule has 3 amide bonds. The van der Waals surface area contributed by atoms with Crippen LogP contribution in [0.25, 0.3) is 22.0 Å². The van der Waals surface area contributed by atoms with Gasteiger partial charge in [-0.05, 0) is 29.3 Å². The van der Waals surface area contributed by atoms with E-state index >= 15 is 0 Å². The summed E-state index contributed by atoms with van der Waals surface area (Å²) in [5.41, 5.74) is 14.6. The van der Waals surface area contributed by atoms with Gasteiger partial charge in [-0.15, -0.1) is 0 Å². The summed E-state index contributed by atoms with van der Waals surface area (Å²) in [4.78, 5) is 27.9. The summed E-state index contributed by atoms with van der Waals surface area (Å²) in [5.74, 6) is -0.437. The number of nitrogens with two attached hydrogens (primary N) is 2. The van der Waals surface area contributed by atoms with Crippen LogP contribution in [0.3, 0.4) is 0 Å². The van der Waals surface area contributed by atoms with E-state index in [9.17, 15) is 9.59 Å². The van der Waals surface area contributed by atoms with E-state index in [1.54, 1.807) is 6.07 Å². The number of nitrogens with zero attached hydrogens (tertiary/aromatic N) is 1. The Hall–Kier alpha value is -3.48. The third-order valence-corrected chi connectivity index (χ3v) is 4.01. The van der Waals surface area contributed by atoms with Crippen molar-refractivity contribution in [1.29, 1.82) is 0 Å². The van der Waals surface area contributed by atoms with Gasteiger partial charge >= 0.3 is 6.03 Å². The fourth-order valence-electron chi connectivity index (χ4n) is 2.80. The van der Waals surface area contributed by atoms with Crippen LogP contribution in [0, 0.1) is 0 Å². The Morgan fingerprint density at radius 3 is 2.20 bits per heavy atom. The summed E-state index contributed by atoms with van der Waals surface area (Å²) in [7, 11) is 3.97. The van der Waals surface area contributed by atoms with Gasteiger partial charge in [-0.2, -0.15) is 0 Å². The fourth-order valence-corrected chi connectivity index (χ4v) is 2.80. The Morgan fingerprint density at radius 2 is 1.64 bits per heavy atom. The maximum Gasteiger partial charge on any atom is 0.317 e. The Kier molecular flexibility index (Phi) is 4.06. The minimum absolute atomic E-state index is 0.204. The normalized spacial score (nSPS) is 10.6. The molecule has 0 atom stereocenters. The van der Waals surface area contributed by atoms with Gasteiger partial charge < -0.3 is 21.4 Å². The molecule has 7 heteroatoms. The number of carbonyl (C=O) groups excluding carboxylic acids is 2. The number of urea groups is 1. The van der Waals surface area contributed by atoms with E-state index in [2.05, 4.69) is 10.3 Å². The standard InChI is InChI=1S/C18H19N5O2/c1-23(2)12-6-3-10(4-7-12)11-5-8-13-14(9-11)21-17(22-18(20)25)15(13)16(19)24/h3-9,21H,1-2H3,(H2,19,24)(H3,20,22,25). The molecule has 1 aromatic heterocycles. The SMILES string of the molecule is CN(C)c1ccc(-c2ccc3c(C(N)=O)c(NC(N)=O)[nH]c3c2)cc1. The molecule has 2 aromatic carbocycles. The van der Waals surface area contributed by atoms with Crippen molar-refractivity contribution in [3.63, 3.8) is 0 Å². The zero-order valence-corrected chi connectivity index (χ0v) is 14.0. The smallest absolute Gasteiger partial charge is 0.317 e. The number of primary amides is 2. The Morgan fingerprint density at radius 1 is 1.00 bits per heavy atom. The molecule has 128 valence electrons. The quantitative estimate of drug-likeness (QED) is 0.586. The molecule has 0 aliphatic heterocycles. The first-order valence-electron chi connectivity index (χ1n) is 7.66. The average molecular weight is 337 g/mol. The van der Waals surface area contributed by atoms with Gasteiger partial charge in [-0.25, -0.2) is 4.79 Å². The lowest BCUT2D eigenvalue weighted by Crippen LogP contribution is -2.22. The molecule has 0 fully saturated rings. The number of hydrogen-bond acceptors (Lipinski definition) is 3. The van der Waals surface area contributed by atoms with Crippen LogP contribution >= 0.6 is 0 Å². The van der Waals surface area contributed by atoms with Crippen LogP contribution in [0.15, 0.2) is 42.5 Å². The van der Waals surface area contributed by atoms with E-state index < -0.39 is 11.9 Å². The molecule has 0 aliphatic rings. The van der Waals surface area contributed by atoms with Crippen molar-refractivity contribution >= 4 is 34.3 Å². The molecule has 3 aromatic rings. The predicted molar refractivity (Wildman–Crippen MR) is 99.8 cm³/mol. The van der Waals surface area contributed by atoms with Crippen LogP contribution in [-0.2, 0) is 0 Å². The monoisotopic (exact) mass is 337 g/mol. The number of anilines is 2. The molecule has 0 bridgehead atoms. The van der Waals surface area contributed by atoms with Gasteiger partial charge in [0, 0.05) is 30.7 Å². The molecule has 0 radical (unpaired) electrons. The lowest BCUT2D eigenvalue weighted by molar-refractivity contribution is 0.100. The van der Waals surface area contributed by atoms with Gasteiger partial charge in [0.25, 0.3) is 5.91 Å². The van der Waals surface area contributed by atoms with Gasteiger partial charge in [0.2, 0.25) is 0 Å². The zero-order chi connectivity index (χ0) is 18.1. The number of aromatic amines is 1. The van der Waals surface area contributed by atoms with E-state index in [0.717, 1.165) is 16.8 Å². The minimum atomic E-state index is -0.770. The molecule has 6 N–H and O–H groups in total. The fraction of sp³-hybridized carbons (Fsp3) is 0.111. The molecule has 0 unspecified atom stereocenters. The number of fused-ring (bicyclic) bond motifs is 1. The highest BCUT2D eigenvalue weighted by Crippen LogP contribution is 2.30. The number of nitrogens with one attached hydrogen (secondary N) is 2. The largest absolute Gasteiger partial charge is 0.378 e. The molecule has 0 saturated heterocycles. The van der Waals surface area contributed by atoms with Crippen LogP contribution < -0.4 is 21.7 Å². The second kappa shape index (κ2) is 6.20. The van der Waals surface area contributed by atoms with Crippen molar-refractivity contribution in [2.45, 2.75) is 0 Å². The summed E-state index contributed by atoms with van der Waals surface area (Å²) < 4.78 is 0. The van der Waals surface area contributed by atoms with Crippen LogP contribution in [0.2, 0.25) is 0 Å². The molecule has 25 heavy (non-hydrogen) atoms. The summed E-state index contributed by atoms with van der Waals surface area (Å²) in [6.45, 7) is 0. The van der Waals surface area contributed by atoms with Crippen molar-refractivity contribution in [3.05, 3.63) is 48.0 Å². The van der Waals surface area contributed by atoms with E-state index in [4.69, 9.17) is 11.5 Å². The molecule has 0 spiro atoms. The molecule has 0 saturated carbocycles. The number of aromatic nitrogens is 1. The van der Waals surface area contributed by atoms with Gasteiger partial charge in [-0.3, -0.25) is 10.1 Å². The van der Waals surface area contributed by atoms with E-state index in [-0.39, 0.29) is 11.4 Å². The van der Waals surface area contributed by atoms with Crippen molar-refractivity contribution in [2.24, 2.45) is 11.5 Å². The number of rotatable bonds is 4. The summed E-state index contributed by atoms with van der Waals surface area (Å²) in [5, 5.41) is 3.03. The minimum Gasteiger partial charge on any atom is -0.378 e. The van der Waals surface area contributed by atoms with Crippen LogP contribution in [0.1, 0.15) is 10.4 Å². The highest BCUT2D eigenvalue weighted by molar-refractivity contribution is 6.13. The first-order chi connectivity index (χ1) is 11.9. The van der Waals surface area contributed by atoms with Crippen LogP contribution in [-0.4, -0.2) is 31.0 Å². The summed E-state index contributed by atoms with van der Waals surface area (Å²) in [6.07, 6.45) is 0. The summed E-state index contributed by atoms with van der Waals surface area (Å²) >= 11 is 0. The number of amides is 3. The highest BCUT2D eigenvalue weighted by atomic mass is 16.2. The number of carbonyl (C=O) groups is 2. The second-order valence-electron chi connectivity index (χ2n) is 5.93. The van der Waals surface area contributed by atoms with Crippen LogP contribution in [0.4, 0.5) is 16.3 Å². The third kappa shape index (κ3) is 3.12. The van der Waals surface area contributed by atoms with E-state index in [1.165, 1.54) is 0 Å². The van der Waals surface area contributed by atoms with E-state index in [0.29, 0.717) is 10.9 Å². The average Bonchev–Trinajstić information content (AvgIpc) is 2.91. The number of hydrogen-bond donors (Lipinski definition) is 4. The van der Waals surface area contributed by atoms with Crippen LogP contribution in [0.5, 0.6) is 0 Å². The maximum absolute atomic E-state index is 11.7. The lowest BCUT2D eigenvalue weighted by atomic mass is 10.0. The lowest BCUT2D eigenvalue weighted by Gasteiger charge is -2.12. The molecular formula is C18H19N5O2.